The van der Waals surface area contributed by atoms with E-state index in [4.69, 9.17) is 28.2 Å². The number of likely N-dealkylation sites (tertiary alicyclic amines) is 1. The van der Waals surface area contributed by atoms with Crippen molar-refractivity contribution in [2.24, 2.45) is 4.99 Å². The first-order valence-electron chi connectivity index (χ1n) is 20.8. The minimum absolute atomic E-state index is 0.679. The van der Waals surface area contributed by atoms with Crippen LogP contribution in [0, 0.1) is 6.92 Å². The van der Waals surface area contributed by atoms with Crippen LogP contribution in [0.5, 0.6) is 0 Å². The predicted molar refractivity (Wildman–Crippen MR) is 252 cm³/mol. The predicted octanol–water partition coefficient (Wildman–Crippen LogP) is 10.8. The van der Waals surface area contributed by atoms with Gasteiger partial charge < -0.3 is 35.1 Å². The number of rotatable bonds is 4. The normalized spacial score (nSPS) is 19.1. The Morgan fingerprint density at radius 1 is 0.746 bits per heavy atom. The van der Waals surface area contributed by atoms with E-state index in [1.807, 2.05) is 42.1 Å². The van der Waals surface area contributed by atoms with E-state index >= 15 is 0 Å². The molecule has 0 bridgehead atoms. The van der Waals surface area contributed by atoms with Gasteiger partial charge in [0, 0.05) is 88.0 Å². The van der Waals surface area contributed by atoms with Gasteiger partial charge in [-0.25, -0.2) is 4.99 Å². The number of piperazine rings is 1. The van der Waals surface area contributed by atoms with Crippen molar-refractivity contribution in [3.8, 4) is 0 Å². The molecule has 5 aliphatic heterocycles. The summed E-state index contributed by atoms with van der Waals surface area (Å²) < 4.78 is 0. The summed E-state index contributed by atoms with van der Waals surface area (Å²) in [5, 5.41) is 8.66. The highest BCUT2D eigenvalue weighted by Crippen LogP contribution is 2.49. The molecule has 59 heavy (non-hydrogen) atoms. The van der Waals surface area contributed by atoms with Crippen molar-refractivity contribution >= 4 is 74.9 Å². The third kappa shape index (κ3) is 9.72. The van der Waals surface area contributed by atoms with E-state index in [9.17, 15) is 0 Å². The molecule has 0 saturated carbocycles. The number of aryl methyl sites for hydroxylation is 1. The maximum absolute atomic E-state index is 6.21. The number of aliphatic imine (C=N–C) groups is 1. The number of piperidine rings is 1. The molecule has 5 aromatic carbocycles. The van der Waals surface area contributed by atoms with Crippen molar-refractivity contribution in [3.05, 3.63) is 130 Å². The van der Waals surface area contributed by atoms with Crippen molar-refractivity contribution in [2.45, 2.75) is 41.5 Å². The highest BCUT2D eigenvalue weighted by molar-refractivity contribution is 7.99. The van der Waals surface area contributed by atoms with Crippen LogP contribution >= 0.6 is 35.0 Å². The molecule has 308 valence electrons. The molecule has 0 aromatic heterocycles. The zero-order valence-corrected chi connectivity index (χ0v) is 37.2. The number of para-hydroxylation sites is 2. The molecule has 0 spiro atoms. The van der Waals surface area contributed by atoms with Gasteiger partial charge >= 0.3 is 0 Å². The highest BCUT2D eigenvalue weighted by atomic mass is 35.5. The number of benzene rings is 5. The lowest BCUT2D eigenvalue weighted by Gasteiger charge is -2.34. The summed E-state index contributed by atoms with van der Waals surface area (Å²) in [6.07, 6.45) is 2.40. The quantitative estimate of drug-likeness (QED) is 0.186. The number of nitrogens with one attached hydrogen (secondary N) is 2. The SMILES string of the molecule is CN(C)CCCN1c2ccccc2Sc2ccc(Cl)cc21.CN1CCN(C2=Nc3cc(Cl)ccc3Nc3ccccc32)CC1.Cc1ccc2c(c1)C1CN(C)CCC1N2. The topological polar surface area (TPSA) is 52.6 Å². The smallest absolute Gasteiger partial charge is 0.138 e. The number of hydrogen-bond acceptors (Lipinski definition) is 9. The number of halogens is 2. The van der Waals surface area contributed by atoms with Gasteiger partial charge in [0.25, 0.3) is 0 Å². The van der Waals surface area contributed by atoms with Crippen molar-refractivity contribution in [2.75, 3.05) is 96.1 Å². The Balaban J connectivity index is 0.000000126. The van der Waals surface area contributed by atoms with E-state index in [0.717, 1.165) is 79.2 Å². The van der Waals surface area contributed by atoms with Gasteiger partial charge in [0.2, 0.25) is 0 Å². The fourth-order valence-corrected chi connectivity index (χ4v) is 9.99. The minimum Gasteiger partial charge on any atom is -0.381 e. The third-order valence-electron chi connectivity index (χ3n) is 11.8. The van der Waals surface area contributed by atoms with Crippen molar-refractivity contribution in [1.29, 1.82) is 0 Å². The van der Waals surface area contributed by atoms with E-state index in [1.165, 1.54) is 57.5 Å². The molecule has 0 radical (unpaired) electrons. The Morgan fingerprint density at radius 2 is 1.47 bits per heavy atom. The Kier molecular flexibility index (Phi) is 13.1. The summed E-state index contributed by atoms with van der Waals surface area (Å²) >= 11 is 14.2. The average Bonchev–Trinajstić information content (AvgIpc) is 3.49. The van der Waals surface area contributed by atoms with Crippen LogP contribution in [-0.4, -0.2) is 112 Å². The number of anilines is 5. The first-order valence-corrected chi connectivity index (χ1v) is 22.4. The molecule has 0 aliphatic carbocycles. The van der Waals surface area contributed by atoms with Gasteiger partial charge in [-0.05, 0) is 133 Å². The van der Waals surface area contributed by atoms with E-state index in [-0.39, 0.29) is 0 Å². The molecule has 2 unspecified atom stereocenters. The second-order valence-corrected chi connectivity index (χ2v) is 18.5. The first-order chi connectivity index (χ1) is 28.6. The molecule has 11 heteroatoms. The van der Waals surface area contributed by atoms with Gasteiger partial charge in [0.05, 0.1) is 22.7 Å². The second kappa shape index (κ2) is 18.6. The third-order valence-corrected chi connectivity index (χ3v) is 13.4. The number of amidine groups is 1. The van der Waals surface area contributed by atoms with Crippen LogP contribution < -0.4 is 15.5 Å². The summed E-state index contributed by atoms with van der Waals surface area (Å²) in [5.74, 6) is 1.74. The molecule has 2 fully saturated rings. The number of fused-ring (bicyclic) bond motifs is 7. The summed E-state index contributed by atoms with van der Waals surface area (Å²) in [5.41, 5.74) is 10.9. The van der Waals surface area contributed by atoms with Gasteiger partial charge in [0.15, 0.2) is 0 Å². The zero-order chi connectivity index (χ0) is 41.0. The maximum atomic E-state index is 6.21. The first kappa shape index (κ1) is 41.5. The van der Waals surface area contributed by atoms with Crippen molar-refractivity contribution in [1.82, 2.24) is 19.6 Å². The Bertz CT molecular complexity index is 2290. The van der Waals surface area contributed by atoms with E-state index in [1.54, 1.807) is 0 Å². The molecule has 2 atom stereocenters. The molecular formula is C48H56Cl2N8S. The molecule has 2 saturated heterocycles. The lowest BCUT2D eigenvalue weighted by Crippen LogP contribution is -2.47. The molecule has 8 nitrogen and oxygen atoms in total. The van der Waals surface area contributed by atoms with Crippen LogP contribution in [0.3, 0.4) is 0 Å². The lowest BCUT2D eigenvalue weighted by molar-refractivity contribution is 0.216. The average molecular weight is 848 g/mol. The van der Waals surface area contributed by atoms with Gasteiger partial charge in [-0.1, -0.05) is 76.9 Å². The fourth-order valence-electron chi connectivity index (χ4n) is 8.58. The van der Waals surface area contributed by atoms with Crippen LogP contribution in [0.1, 0.15) is 35.4 Å². The molecular weight excluding hydrogens is 792 g/mol. The largest absolute Gasteiger partial charge is 0.381 e. The summed E-state index contributed by atoms with van der Waals surface area (Å²) in [4.78, 5) is 19.4. The number of nitrogens with zero attached hydrogens (tertiary/aromatic N) is 6. The number of likely N-dealkylation sites (N-methyl/N-ethyl adjacent to an activating group) is 2. The van der Waals surface area contributed by atoms with E-state index in [0.29, 0.717) is 17.0 Å². The Labute approximate surface area is 365 Å². The fraction of sp³-hybridized carbons (Fsp3) is 0.354. The lowest BCUT2D eigenvalue weighted by atomic mass is 9.89. The monoisotopic (exact) mass is 846 g/mol. The van der Waals surface area contributed by atoms with Crippen LogP contribution in [0.25, 0.3) is 0 Å². The van der Waals surface area contributed by atoms with E-state index < -0.39 is 0 Å². The van der Waals surface area contributed by atoms with Crippen molar-refractivity contribution in [3.63, 3.8) is 0 Å². The number of hydrogen-bond donors (Lipinski definition) is 2. The molecule has 10 rings (SSSR count). The highest BCUT2D eigenvalue weighted by Gasteiger charge is 2.35. The zero-order valence-electron chi connectivity index (χ0n) is 34.9. The van der Waals surface area contributed by atoms with E-state index in [2.05, 4.69) is 143 Å². The van der Waals surface area contributed by atoms with Gasteiger partial charge in [-0.2, -0.15) is 0 Å². The summed E-state index contributed by atoms with van der Waals surface area (Å²) in [6.45, 7) is 10.8. The molecule has 5 aromatic rings. The van der Waals surface area contributed by atoms with Crippen LogP contribution in [-0.2, 0) is 0 Å². The van der Waals surface area contributed by atoms with Crippen LogP contribution in [0.2, 0.25) is 10.0 Å². The van der Waals surface area contributed by atoms with Gasteiger partial charge in [-0.15, -0.1) is 0 Å². The standard InChI is InChI=1S/C18H19ClN4.C17H19ClN2S.C13H18N2/c1-22-8-10-23(11-9-22)18-14-4-2-3-5-15(14)20-16-7-6-13(19)12-17(16)21-18;1-19(2)10-5-11-20-14-6-3-4-7-16(14)21-17-9-8-13(18)12-15(17)20;1-9-3-4-12-10(7-9)11-8-15(2)6-5-13(11)14-12/h2-7,12,20H,8-11H2,1H3;3-4,6-9,12H,5,10-11H2,1-2H3;3-4,7,11,13-14H,5-6,8H2,1-2H3. The molecule has 5 heterocycles. The summed E-state index contributed by atoms with van der Waals surface area (Å²) in [7, 11) is 8.62. The molecule has 2 N–H and O–H groups in total. The van der Waals surface area contributed by atoms with Crippen LogP contribution in [0.15, 0.2) is 118 Å². The van der Waals surface area contributed by atoms with Crippen molar-refractivity contribution < 1.29 is 0 Å². The van der Waals surface area contributed by atoms with Crippen LogP contribution in [0.4, 0.5) is 34.1 Å². The minimum atomic E-state index is 0.679. The Morgan fingerprint density at radius 3 is 2.31 bits per heavy atom. The molecule has 5 aliphatic rings. The second-order valence-electron chi connectivity index (χ2n) is 16.5. The Hall–Kier alpha value is -4.22. The summed E-state index contributed by atoms with van der Waals surface area (Å²) in [6, 6.07) is 36.4. The molecule has 0 amide bonds. The van der Waals surface area contributed by atoms with Gasteiger partial charge in [0.1, 0.15) is 5.84 Å². The maximum Gasteiger partial charge on any atom is 0.138 e. The van der Waals surface area contributed by atoms with Gasteiger partial charge in [-0.3, -0.25) is 0 Å².